The van der Waals surface area contributed by atoms with Crippen molar-refractivity contribution in [3.8, 4) is 11.3 Å². The van der Waals surface area contributed by atoms with Crippen molar-refractivity contribution in [3.63, 3.8) is 0 Å². The molecule has 0 bridgehead atoms. The minimum atomic E-state index is -0.474. The molecule has 7 heteroatoms. The number of hydrogen-bond acceptors (Lipinski definition) is 5. The highest BCUT2D eigenvalue weighted by atomic mass is 35.5. The number of pyridine rings is 1. The molecule has 6 nitrogen and oxygen atoms in total. The molecule has 2 heterocycles. The first-order valence-electron chi connectivity index (χ1n) is 12.8. The van der Waals surface area contributed by atoms with Gasteiger partial charge in [-0.25, -0.2) is 9.78 Å². The topological polar surface area (TPSA) is 71.5 Å². The molecule has 2 atom stereocenters. The van der Waals surface area contributed by atoms with E-state index in [1.807, 2.05) is 89.8 Å². The number of hydrogen-bond donors (Lipinski definition) is 1. The van der Waals surface area contributed by atoms with E-state index in [1.54, 1.807) is 0 Å². The number of carbonyl (C=O) groups excluding carboxylic acids is 2. The van der Waals surface area contributed by atoms with Gasteiger partial charge in [-0.3, -0.25) is 4.79 Å². The Kier molecular flexibility index (Phi) is 8.64. The van der Waals surface area contributed by atoms with Gasteiger partial charge in [0, 0.05) is 17.5 Å². The van der Waals surface area contributed by atoms with E-state index in [0.717, 1.165) is 34.9 Å². The van der Waals surface area contributed by atoms with Crippen LogP contribution in [0.25, 0.3) is 22.2 Å². The summed E-state index contributed by atoms with van der Waals surface area (Å²) >= 11 is 0. The number of nitrogens with zero attached hydrogens (tertiary/aromatic N) is 2. The van der Waals surface area contributed by atoms with Crippen LogP contribution >= 0.6 is 12.4 Å². The van der Waals surface area contributed by atoms with E-state index in [1.165, 1.54) is 7.11 Å². The number of para-hydroxylation sites is 1. The molecule has 196 valence electrons. The van der Waals surface area contributed by atoms with Crippen molar-refractivity contribution in [1.29, 1.82) is 0 Å². The third-order valence-electron chi connectivity index (χ3n) is 7.07. The molecule has 1 saturated heterocycles. The van der Waals surface area contributed by atoms with E-state index in [9.17, 15) is 9.59 Å². The number of carbonyl (C=O) groups is 2. The van der Waals surface area contributed by atoms with Crippen molar-refractivity contribution in [2.45, 2.75) is 38.3 Å². The Hall–Kier alpha value is -3.90. The molecule has 1 aromatic heterocycles. The first-order chi connectivity index (χ1) is 18.1. The van der Waals surface area contributed by atoms with Gasteiger partial charge in [-0.2, -0.15) is 0 Å². The Labute approximate surface area is 229 Å². The summed E-state index contributed by atoms with van der Waals surface area (Å²) in [6.45, 7) is 2.70. The molecule has 5 rings (SSSR count). The molecular formula is C31H32ClN3O3. The van der Waals surface area contributed by atoms with Crippen LogP contribution in [0.2, 0.25) is 0 Å². The number of esters is 1. The number of benzene rings is 3. The second-order valence-corrected chi connectivity index (χ2v) is 9.29. The predicted octanol–water partition coefficient (Wildman–Crippen LogP) is 6.35. The van der Waals surface area contributed by atoms with Crippen LogP contribution in [0, 0.1) is 0 Å². The van der Waals surface area contributed by atoms with E-state index in [0.29, 0.717) is 29.9 Å². The summed E-state index contributed by atoms with van der Waals surface area (Å²) < 4.78 is 5.16. The monoisotopic (exact) mass is 529 g/mol. The van der Waals surface area contributed by atoms with Gasteiger partial charge in [0.2, 0.25) is 0 Å². The van der Waals surface area contributed by atoms with Gasteiger partial charge in [0.1, 0.15) is 6.04 Å². The largest absolute Gasteiger partial charge is 0.467 e. The summed E-state index contributed by atoms with van der Waals surface area (Å²) in [5, 5.41) is 4.04. The number of amides is 1. The van der Waals surface area contributed by atoms with Crippen molar-refractivity contribution in [3.05, 3.63) is 96.1 Å². The van der Waals surface area contributed by atoms with Gasteiger partial charge in [0.25, 0.3) is 5.91 Å². The minimum absolute atomic E-state index is 0. The highest BCUT2D eigenvalue weighted by Crippen LogP contribution is 2.40. The summed E-state index contributed by atoms with van der Waals surface area (Å²) in [5.41, 5.74) is 4.58. The zero-order chi connectivity index (χ0) is 25.8. The van der Waals surface area contributed by atoms with Gasteiger partial charge in [0.15, 0.2) is 0 Å². The van der Waals surface area contributed by atoms with Crippen molar-refractivity contribution >= 4 is 40.9 Å². The van der Waals surface area contributed by atoms with Crippen LogP contribution in [-0.4, -0.2) is 36.6 Å². The van der Waals surface area contributed by atoms with E-state index < -0.39 is 6.04 Å². The molecule has 38 heavy (non-hydrogen) atoms. The van der Waals surface area contributed by atoms with E-state index in [-0.39, 0.29) is 30.3 Å². The molecule has 1 amide bonds. The number of aromatic nitrogens is 1. The third-order valence-corrected chi connectivity index (χ3v) is 7.07. The van der Waals surface area contributed by atoms with Crippen molar-refractivity contribution in [1.82, 2.24) is 10.3 Å². The molecular weight excluding hydrogens is 498 g/mol. The third kappa shape index (κ3) is 5.22. The normalized spacial score (nSPS) is 15.5. The lowest BCUT2D eigenvalue weighted by molar-refractivity contribution is -0.141. The fourth-order valence-electron chi connectivity index (χ4n) is 5.26. The van der Waals surface area contributed by atoms with Gasteiger partial charge in [-0.1, -0.05) is 85.8 Å². The molecule has 1 fully saturated rings. The van der Waals surface area contributed by atoms with Crippen LogP contribution in [0.3, 0.4) is 0 Å². The molecule has 4 aromatic rings. The van der Waals surface area contributed by atoms with Gasteiger partial charge in [-0.05, 0) is 30.9 Å². The summed E-state index contributed by atoms with van der Waals surface area (Å²) in [4.78, 5) is 34.1. The second-order valence-electron chi connectivity index (χ2n) is 9.29. The molecule has 1 N–H and O–H groups in total. The highest BCUT2D eigenvalue weighted by Gasteiger charge is 2.37. The predicted molar refractivity (Wildman–Crippen MR) is 154 cm³/mol. The van der Waals surface area contributed by atoms with Crippen molar-refractivity contribution in [2.75, 3.05) is 18.6 Å². The number of fused-ring (bicyclic) bond motifs is 1. The lowest BCUT2D eigenvalue weighted by Gasteiger charge is -2.30. The standard InChI is InChI=1S/C31H31N3O3.ClH/c1-3-24(21-13-6-4-7-14-21)33-30(35)27-23-17-10-11-18-25(23)32-28(22-15-8-5-9-16-22)29(27)34-20-12-19-26(34)31(36)37-2;/h4-11,13-18,24,26H,3,12,19-20H2,1-2H3,(H,33,35);1H/t24?,26-;/m0./s1. The number of rotatable bonds is 7. The molecule has 3 aromatic carbocycles. The Balaban J connectivity index is 0.00000336. The zero-order valence-electron chi connectivity index (χ0n) is 21.6. The average molecular weight is 530 g/mol. The Morgan fingerprint density at radius 3 is 2.34 bits per heavy atom. The summed E-state index contributed by atoms with van der Waals surface area (Å²) in [6.07, 6.45) is 2.23. The number of anilines is 1. The molecule has 1 aliphatic heterocycles. The van der Waals surface area contributed by atoms with Crippen molar-refractivity contribution in [2.24, 2.45) is 0 Å². The SMILES string of the molecule is CCC(NC(=O)c1c(N2CCC[C@H]2C(=O)OC)c(-c2ccccc2)nc2ccccc12)c1ccccc1.Cl. The molecule has 0 aliphatic carbocycles. The minimum Gasteiger partial charge on any atom is -0.467 e. The van der Waals surface area contributed by atoms with Crippen LogP contribution in [0.4, 0.5) is 5.69 Å². The van der Waals surface area contributed by atoms with Crippen LogP contribution in [0.1, 0.15) is 48.1 Å². The molecule has 1 aliphatic rings. The van der Waals surface area contributed by atoms with E-state index in [2.05, 4.69) is 12.2 Å². The molecule has 0 radical (unpaired) electrons. The second kappa shape index (κ2) is 12.1. The average Bonchev–Trinajstić information content (AvgIpc) is 3.45. The number of methoxy groups -OCH3 is 1. The van der Waals surface area contributed by atoms with Gasteiger partial charge in [-0.15, -0.1) is 12.4 Å². The summed E-state index contributed by atoms with van der Waals surface area (Å²) in [6, 6.07) is 26.9. The molecule has 0 spiro atoms. The van der Waals surface area contributed by atoms with Crippen LogP contribution in [0.15, 0.2) is 84.9 Å². The Morgan fingerprint density at radius 2 is 1.66 bits per heavy atom. The Morgan fingerprint density at radius 1 is 1.00 bits per heavy atom. The maximum absolute atomic E-state index is 14.2. The number of halogens is 1. The van der Waals surface area contributed by atoms with Crippen LogP contribution < -0.4 is 10.2 Å². The Bertz CT molecular complexity index is 1410. The van der Waals surface area contributed by atoms with Crippen molar-refractivity contribution < 1.29 is 14.3 Å². The first kappa shape index (κ1) is 27.1. The van der Waals surface area contributed by atoms with Gasteiger partial charge in [0.05, 0.1) is 35.6 Å². The van der Waals surface area contributed by atoms with E-state index in [4.69, 9.17) is 9.72 Å². The lowest BCUT2D eigenvalue weighted by Crippen LogP contribution is -2.39. The lowest BCUT2D eigenvalue weighted by atomic mass is 9.97. The zero-order valence-corrected chi connectivity index (χ0v) is 22.4. The maximum atomic E-state index is 14.2. The fraction of sp³-hybridized carbons (Fsp3) is 0.258. The first-order valence-corrected chi connectivity index (χ1v) is 12.8. The quantitative estimate of drug-likeness (QED) is 0.283. The smallest absolute Gasteiger partial charge is 0.328 e. The molecule has 1 unspecified atom stereocenters. The van der Waals surface area contributed by atoms with E-state index >= 15 is 0 Å². The number of ether oxygens (including phenoxy) is 1. The fourth-order valence-corrected chi connectivity index (χ4v) is 5.26. The van der Waals surface area contributed by atoms with Gasteiger partial charge < -0.3 is 15.0 Å². The molecule has 0 saturated carbocycles. The van der Waals surface area contributed by atoms with Crippen LogP contribution in [-0.2, 0) is 9.53 Å². The van der Waals surface area contributed by atoms with Crippen LogP contribution in [0.5, 0.6) is 0 Å². The summed E-state index contributed by atoms with van der Waals surface area (Å²) in [7, 11) is 1.41. The van der Waals surface area contributed by atoms with Gasteiger partial charge >= 0.3 is 5.97 Å². The summed E-state index contributed by atoms with van der Waals surface area (Å²) in [5.74, 6) is -0.483. The highest BCUT2D eigenvalue weighted by molar-refractivity contribution is 6.14. The number of nitrogens with one attached hydrogen (secondary N) is 1. The maximum Gasteiger partial charge on any atom is 0.328 e.